The van der Waals surface area contributed by atoms with Crippen LogP contribution in [0.2, 0.25) is 0 Å². The Kier molecular flexibility index (Phi) is 5.51. The van der Waals surface area contributed by atoms with Crippen LogP contribution < -0.4 is 4.72 Å². The number of benzene rings is 2. The highest BCUT2D eigenvalue weighted by atomic mass is 79.9. The zero-order chi connectivity index (χ0) is 17.9. The molecule has 0 aliphatic rings. The van der Waals surface area contributed by atoms with E-state index in [9.17, 15) is 8.42 Å². The van der Waals surface area contributed by atoms with Crippen LogP contribution in [-0.2, 0) is 15.8 Å². The molecule has 0 aliphatic heterocycles. The molecule has 0 amide bonds. The Labute approximate surface area is 156 Å². The van der Waals surface area contributed by atoms with Crippen molar-refractivity contribution in [1.82, 2.24) is 9.71 Å². The van der Waals surface area contributed by atoms with Gasteiger partial charge in [-0.25, -0.2) is 13.1 Å². The van der Waals surface area contributed by atoms with Crippen LogP contribution in [0.5, 0.6) is 0 Å². The van der Waals surface area contributed by atoms with E-state index >= 15 is 0 Å². The Morgan fingerprint density at radius 3 is 2.52 bits per heavy atom. The standard InChI is InChI=1S/C19H19BrN2O2S/c1-2-18(14-8-10-17(20)11-9-14)22-25(23,24)13-16-6-3-5-15-7-4-12-21-19(15)16/h3-12,18,22H,2,13H2,1H3. The molecule has 1 heterocycles. The summed E-state index contributed by atoms with van der Waals surface area (Å²) < 4.78 is 29.2. The van der Waals surface area contributed by atoms with Crippen molar-refractivity contribution < 1.29 is 8.42 Å². The lowest BCUT2D eigenvalue weighted by molar-refractivity contribution is 0.549. The molecule has 0 spiro atoms. The van der Waals surface area contributed by atoms with Gasteiger partial charge >= 0.3 is 0 Å². The highest BCUT2D eigenvalue weighted by Crippen LogP contribution is 2.22. The number of hydrogen-bond donors (Lipinski definition) is 1. The summed E-state index contributed by atoms with van der Waals surface area (Å²) in [4.78, 5) is 4.34. The fourth-order valence-electron chi connectivity index (χ4n) is 2.83. The molecule has 0 fully saturated rings. The van der Waals surface area contributed by atoms with Gasteiger partial charge in [-0.3, -0.25) is 4.98 Å². The van der Waals surface area contributed by atoms with Crippen LogP contribution in [0.4, 0.5) is 0 Å². The lowest BCUT2D eigenvalue weighted by Gasteiger charge is -2.18. The van der Waals surface area contributed by atoms with Gasteiger partial charge in [0.2, 0.25) is 10.0 Å². The van der Waals surface area contributed by atoms with Gasteiger partial charge in [0, 0.05) is 22.1 Å². The Morgan fingerprint density at radius 1 is 1.08 bits per heavy atom. The summed E-state index contributed by atoms with van der Waals surface area (Å²) in [6.45, 7) is 1.97. The van der Waals surface area contributed by atoms with Crippen molar-refractivity contribution in [2.75, 3.05) is 0 Å². The SMILES string of the molecule is CCC(NS(=O)(=O)Cc1cccc2cccnc12)c1ccc(Br)cc1. The zero-order valence-corrected chi connectivity index (χ0v) is 16.2. The quantitative estimate of drug-likeness (QED) is 0.637. The minimum Gasteiger partial charge on any atom is -0.256 e. The summed E-state index contributed by atoms with van der Waals surface area (Å²) in [7, 11) is -3.50. The first kappa shape index (κ1) is 18.0. The lowest BCUT2D eigenvalue weighted by atomic mass is 10.1. The first-order valence-electron chi connectivity index (χ1n) is 8.06. The molecule has 6 heteroatoms. The van der Waals surface area contributed by atoms with Gasteiger partial charge in [-0.15, -0.1) is 0 Å². The minimum atomic E-state index is -3.50. The second kappa shape index (κ2) is 7.64. The van der Waals surface area contributed by atoms with Crippen LogP contribution in [0.3, 0.4) is 0 Å². The van der Waals surface area contributed by atoms with Crippen molar-refractivity contribution in [1.29, 1.82) is 0 Å². The maximum absolute atomic E-state index is 12.7. The Hall–Kier alpha value is -1.76. The number of rotatable bonds is 6. The van der Waals surface area contributed by atoms with Crippen molar-refractivity contribution in [3.8, 4) is 0 Å². The normalized spacial score (nSPS) is 13.0. The van der Waals surface area contributed by atoms with Gasteiger partial charge in [-0.2, -0.15) is 0 Å². The first-order chi connectivity index (χ1) is 12.0. The van der Waals surface area contributed by atoms with E-state index in [1.54, 1.807) is 6.20 Å². The Bertz CT molecular complexity index is 967. The number of nitrogens with one attached hydrogen (secondary N) is 1. The van der Waals surface area contributed by atoms with Crippen LogP contribution in [0.1, 0.15) is 30.5 Å². The molecular weight excluding hydrogens is 400 g/mol. The van der Waals surface area contributed by atoms with Crippen LogP contribution in [0, 0.1) is 0 Å². The third-order valence-corrected chi connectivity index (χ3v) is 5.93. The minimum absolute atomic E-state index is 0.0889. The van der Waals surface area contributed by atoms with Gasteiger partial charge in [0.05, 0.1) is 11.3 Å². The van der Waals surface area contributed by atoms with Gasteiger partial charge < -0.3 is 0 Å². The van der Waals surface area contributed by atoms with Crippen molar-refractivity contribution in [2.45, 2.75) is 25.1 Å². The summed E-state index contributed by atoms with van der Waals surface area (Å²) in [5.41, 5.74) is 2.38. The topological polar surface area (TPSA) is 59.1 Å². The number of pyridine rings is 1. The first-order valence-corrected chi connectivity index (χ1v) is 10.5. The van der Waals surface area contributed by atoms with E-state index in [1.807, 2.05) is 61.5 Å². The van der Waals surface area contributed by atoms with E-state index in [2.05, 4.69) is 25.6 Å². The number of nitrogens with zero attached hydrogens (tertiary/aromatic N) is 1. The molecular formula is C19H19BrN2O2S. The molecule has 1 unspecified atom stereocenters. The van der Waals surface area contributed by atoms with Gasteiger partial charge in [0.1, 0.15) is 0 Å². The van der Waals surface area contributed by atoms with Crippen molar-refractivity contribution >= 4 is 36.9 Å². The number of sulfonamides is 1. The molecule has 25 heavy (non-hydrogen) atoms. The Balaban J connectivity index is 1.84. The smallest absolute Gasteiger partial charge is 0.216 e. The second-order valence-electron chi connectivity index (χ2n) is 5.88. The van der Waals surface area contributed by atoms with E-state index in [0.717, 1.165) is 20.9 Å². The van der Waals surface area contributed by atoms with E-state index in [-0.39, 0.29) is 11.8 Å². The van der Waals surface area contributed by atoms with E-state index in [0.29, 0.717) is 12.0 Å². The van der Waals surface area contributed by atoms with Gasteiger partial charge in [0.15, 0.2) is 0 Å². The molecule has 0 bridgehead atoms. The van der Waals surface area contributed by atoms with Crippen LogP contribution in [0.15, 0.2) is 65.3 Å². The van der Waals surface area contributed by atoms with Gasteiger partial charge in [-0.1, -0.05) is 59.3 Å². The average Bonchev–Trinajstić information content (AvgIpc) is 2.61. The number of para-hydroxylation sites is 1. The molecule has 4 nitrogen and oxygen atoms in total. The molecule has 1 atom stereocenters. The average molecular weight is 419 g/mol. The lowest BCUT2D eigenvalue weighted by Crippen LogP contribution is -2.29. The highest BCUT2D eigenvalue weighted by molar-refractivity contribution is 9.10. The number of aromatic nitrogens is 1. The maximum atomic E-state index is 12.7. The van der Waals surface area contributed by atoms with Crippen molar-refractivity contribution in [3.05, 3.63) is 76.4 Å². The predicted octanol–water partition coefficient (Wildman–Crippen LogP) is 4.57. The van der Waals surface area contributed by atoms with Crippen molar-refractivity contribution in [2.24, 2.45) is 0 Å². The third-order valence-electron chi connectivity index (χ3n) is 4.06. The molecule has 3 rings (SSSR count). The molecule has 0 aliphatic carbocycles. The molecule has 130 valence electrons. The van der Waals surface area contributed by atoms with Crippen LogP contribution in [-0.4, -0.2) is 13.4 Å². The monoisotopic (exact) mass is 418 g/mol. The predicted molar refractivity (Wildman–Crippen MR) is 105 cm³/mol. The molecule has 1 aromatic heterocycles. The summed E-state index contributed by atoms with van der Waals surface area (Å²) in [5, 5.41) is 0.940. The fraction of sp³-hybridized carbons (Fsp3) is 0.211. The second-order valence-corrected chi connectivity index (χ2v) is 8.55. The summed E-state index contributed by atoms with van der Waals surface area (Å²) in [5.74, 6) is -0.0889. The van der Waals surface area contributed by atoms with Crippen LogP contribution in [0.25, 0.3) is 10.9 Å². The molecule has 2 aromatic carbocycles. The Morgan fingerprint density at radius 2 is 1.80 bits per heavy atom. The van der Waals surface area contributed by atoms with E-state index in [4.69, 9.17) is 0 Å². The zero-order valence-electron chi connectivity index (χ0n) is 13.8. The molecule has 3 aromatic rings. The highest BCUT2D eigenvalue weighted by Gasteiger charge is 2.20. The van der Waals surface area contributed by atoms with Gasteiger partial charge in [-0.05, 0) is 35.7 Å². The number of halogens is 1. The molecule has 0 saturated carbocycles. The number of hydrogen-bond acceptors (Lipinski definition) is 3. The molecule has 0 radical (unpaired) electrons. The molecule has 0 saturated heterocycles. The van der Waals surface area contributed by atoms with Crippen molar-refractivity contribution in [3.63, 3.8) is 0 Å². The summed E-state index contributed by atoms with van der Waals surface area (Å²) in [6.07, 6.45) is 2.36. The fourth-order valence-corrected chi connectivity index (χ4v) is 4.56. The molecule has 1 N–H and O–H groups in total. The van der Waals surface area contributed by atoms with E-state index in [1.165, 1.54) is 0 Å². The maximum Gasteiger partial charge on any atom is 0.216 e. The number of fused-ring (bicyclic) bond motifs is 1. The summed E-state index contributed by atoms with van der Waals surface area (Å²) in [6, 6.07) is 16.8. The third kappa shape index (κ3) is 4.45. The van der Waals surface area contributed by atoms with Gasteiger partial charge in [0.25, 0.3) is 0 Å². The summed E-state index contributed by atoms with van der Waals surface area (Å²) >= 11 is 3.40. The van der Waals surface area contributed by atoms with E-state index < -0.39 is 10.0 Å². The van der Waals surface area contributed by atoms with Crippen LogP contribution >= 0.6 is 15.9 Å². The largest absolute Gasteiger partial charge is 0.256 e.